The van der Waals surface area contributed by atoms with E-state index in [-0.39, 0.29) is 16.0 Å². The zero-order chi connectivity index (χ0) is 16.6. The quantitative estimate of drug-likeness (QED) is 0.889. The fraction of sp³-hybridized carbons (Fsp3) is 0.600. The molecule has 0 aliphatic carbocycles. The molecule has 0 saturated carbocycles. The molecule has 0 radical (unpaired) electrons. The molecule has 8 heteroatoms. The first kappa shape index (κ1) is 16.8. The Morgan fingerprint density at radius 2 is 1.78 bits per heavy atom. The summed E-state index contributed by atoms with van der Waals surface area (Å²) < 4.78 is 38.1. The van der Waals surface area contributed by atoms with Crippen molar-refractivity contribution in [3.8, 4) is 11.5 Å². The zero-order valence-electron chi connectivity index (χ0n) is 13.0. The van der Waals surface area contributed by atoms with Gasteiger partial charge in [-0.2, -0.15) is 4.31 Å². The van der Waals surface area contributed by atoms with Gasteiger partial charge in [-0.3, -0.25) is 0 Å². The van der Waals surface area contributed by atoms with Gasteiger partial charge in [0, 0.05) is 31.3 Å². The molecule has 1 aromatic rings. The highest BCUT2D eigenvalue weighted by Gasteiger charge is 2.33. The Kier molecular flexibility index (Phi) is 4.73. The van der Waals surface area contributed by atoms with E-state index in [1.807, 2.05) is 6.92 Å². The van der Waals surface area contributed by atoms with Crippen LogP contribution in [0.1, 0.15) is 19.8 Å². The third-order valence-corrected chi connectivity index (χ3v) is 6.82. The minimum absolute atomic E-state index is 0.0719. The van der Waals surface area contributed by atoms with Crippen LogP contribution in [0.25, 0.3) is 0 Å². The number of sulfonamides is 1. The molecule has 1 unspecified atom stereocenters. The molecule has 1 saturated heterocycles. The smallest absolute Gasteiger partial charge is 0.244 e. The normalized spacial score (nSPS) is 21.2. The molecule has 3 rings (SSSR count). The van der Waals surface area contributed by atoms with Crippen molar-refractivity contribution in [3.63, 3.8) is 0 Å². The average molecular weight is 361 g/mol. The van der Waals surface area contributed by atoms with Gasteiger partial charge in [-0.1, -0.05) is 11.6 Å². The highest BCUT2D eigenvalue weighted by Crippen LogP contribution is 2.38. The van der Waals surface area contributed by atoms with Gasteiger partial charge in [0.05, 0.1) is 5.02 Å². The second kappa shape index (κ2) is 6.47. The first-order valence-corrected chi connectivity index (χ1v) is 9.56. The second-order valence-corrected chi connectivity index (χ2v) is 8.34. The number of halogens is 1. The third kappa shape index (κ3) is 3.28. The van der Waals surface area contributed by atoms with Crippen molar-refractivity contribution in [2.45, 2.75) is 30.7 Å². The molecule has 0 spiro atoms. The number of hydrogen-bond acceptors (Lipinski definition) is 5. The van der Waals surface area contributed by atoms with Crippen LogP contribution in [0.4, 0.5) is 0 Å². The number of ether oxygens (including phenoxy) is 2. The summed E-state index contributed by atoms with van der Waals surface area (Å²) in [5.41, 5.74) is 5.91. The molecular formula is C15H21ClN2O4S. The van der Waals surface area contributed by atoms with Crippen LogP contribution >= 0.6 is 11.6 Å². The Morgan fingerprint density at radius 1 is 1.22 bits per heavy atom. The standard InChI is InChI=1S/C15H21ClN2O4S/c1-10(17)11-2-4-18(5-3-11)23(19,20)15-9-14-13(8-12(15)16)21-6-7-22-14/h8-11H,2-7,17H2,1H3. The highest BCUT2D eigenvalue weighted by molar-refractivity contribution is 7.89. The van der Waals surface area contributed by atoms with Crippen molar-refractivity contribution in [2.24, 2.45) is 11.7 Å². The molecule has 6 nitrogen and oxygen atoms in total. The summed E-state index contributed by atoms with van der Waals surface area (Å²) in [6.45, 7) is 3.71. The summed E-state index contributed by atoms with van der Waals surface area (Å²) in [6, 6.07) is 3.05. The van der Waals surface area contributed by atoms with Crippen molar-refractivity contribution in [3.05, 3.63) is 17.2 Å². The van der Waals surface area contributed by atoms with E-state index in [9.17, 15) is 8.42 Å². The summed E-state index contributed by atoms with van der Waals surface area (Å²) in [5.74, 6) is 1.26. The molecule has 128 valence electrons. The topological polar surface area (TPSA) is 81.9 Å². The van der Waals surface area contributed by atoms with Crippen LogP contribution in [0.5, 0.6) is 11.5 Å². The van der Waals surface area contributed by atoms with Gasteiger partial charge in [-0.05, 0) is 25.7 Å². The number of rotatable bonds is 3. The van der Waals surface area contributed by atoms with E-state index in [2.05, 4.69) is 0 Å². The minimum atomic E-state index is -3.65. The summed E-state index contributed by atoms with van der Waals surface area (Å²) in [7, 11) is -3.65. The zero-order valence-corrected chi connectivity index (χ0v) is 14.6. The Balaban J connectivity index is 1.86. The maximum Gasteiger partial charge on any atom is 0.244 e. The van der Waals surface area contributed by atoms with Crippen LogP contribution < -0.4 is 15.2 Å². The van der Waals surface area contributed by atoms with Gasteiger partial charge in [0.1, 0.15) is 18.1 Å². The van der Waals surface area contributed by atoms with Gasteiger partial charge >= 0.3 is 0 Å². The average Bonchev–Trinajstić information content (AvgIpc) is 2.54. The fourth-order valence-electron chi connectivity index (χ4n) is 3.02. The van der Waals surface area contributed by atoms with Crippen LogP contribution in [0.2, 0.25) is 5.02 Å². The van der Waals surface area contributed by atoms with E-state index < -0.39 is 10.0 Å². The van der Waals surface area contributed by atoms with Gasteiger partial charge in [-0.25, -0.2) is 8.42 Å². The number of nitrogens with zero attached hydrogens (tertiary/aromatic N) is 1. The van der Waals surface area contributed by atoms with Crippen molar-refractivity contribution in [2.75, 3.05) is 26.3 Å². The number of nitrogens with two attached hydrogens (primary N) is 1. The predicted octanol–water partition coefficient (Wildman–Crippen LogP) is 1.86. The lowest BCUT2D eigenvalue weighted by Crippen LogP contribution is -2.42. The van der Waals surface area contributed by atoms with Crippen LogP contribution in [0, 0.1) is 5.92 Å². The van der Waals surface area contributed by atoms with Gasteiger partial charge in [0.25, 0.3) is 0 Å². The lowest BCUT2D eigenvalue weighted by Gasteiger charge is -2.33. The Labute approximate surface area is 141 Å². The second-order valence-electron chi connectivity index (χ2n) is 6.03. The molecule has 1 aromatic carbocycles. The van der Waals surface area contributed by atoms with Crippen molar-refractivity contribution < 1.29 is 17.9 Å². The van der Waals surface area contributed by atoms with Gasteiger partial charge in [-0.15, -0.1) is 0 Å². The fourth-order valence-corrected chi connectivity index (χ4v) is 5.00. The summed E-state index contributed by atoms with van der Waals surface area (Å²) in [6.07, 6.45) is 1.53. The SMILES string of the molecule is CC(N)C1CCN(S(=O)(=O)c2cc3c(cc2Cl)OCCO3)CC1. The monoisotopic (exact) mass is 360 g/mol. The van der Waals surface area contributed by atoms with Crippen LogP contribution in [-0.2, 0) is 10.0 Å². The molecule has 2 aliphatic rings. The molecule has 1 fully saturated rings. The number of benzene rings is 1. The first-order chi connectivity index (χ1) is 10.9. The maximum absolute atomic E-state index is 12.9. The van der Waals surface area contributed by atoms with Gasteiger partial charge in [0.2, 0.25) is 10.0 Å². The molecule has 0 amide bonds. The summed E-state index contributed by atoms with van der Waals surface area (Å²) in [4.78, 5) is 0.0719. The minimum Gasteiger partial charge on any atom is -0.486 e. The van der Waals surface area contributed by atoms with E-state index >= 15 is 0 Å². The Hall–Kier alpha value is -1.02. The van der Waals surface area contributed by atoms with E-state index in [1.165, 1.54) is 16.4 Å². The lowest BCUT2D eigenvalue weighted by molar-refractivity contribution is 0.171. The van der Waals surface area contributed by atoms with E-state index in [0.717, 1.165) is 12.8 Å². The molecule has 1 atom stereocenters. The number of hydrogen-bond donors (Lipinski definition) is 1. The van der Waals surface area contributed by atoms with E-state index in [4.69, 9.17) is 26.8 Å². The van der Waals surface area contributed by atoms with Crippen LogP contribution in [0.3, 0.4) is 0 Å². The molecule has 2 aliphatic heterocycles. The van der Waals surface area contributed by atoms with E-state index in [0.29, 0.717) is 43.7 Å². The highest BCUT2D eigenvalue weighted by atomic mass is 35.5. The molecule has 23 heavy (non-hydrogen) atoms. The largest absolute Gasteiger partial charge is 0.486 e. The van der Waals surface area contributed by atoms with Crippen molar-refractivity contribution in [1.82, 2.24) is 4.31 Å². The predicted molar refractivity (Wildman–Crippen MR) is 87.6 cm³/mol. The lowest BCUT2D eigenvalue weighted by atomic mass is 9.92. The first-order valence-electron chi connectivity index (χ1n) is 7.74. The van der Waals surface area contributed by atoms with E-state index in [1.54, 1.807) is 0 Å². The molecule has 2 N–H and O–H groups in total. The molecular weight excluding hydrogens is 340 g/mol. The summed E-state index contributed by atoms with van der Waals surface area (Å²) in [5, 5.41) is 0.156. The Morgan fingerprint density at radius 3 is 2.35 bits per heavy atom. The van der Waals surface area contributed by atoms with Crippen molar-refractivity contribution >= 4 is 21.6 Å². The number of fused-ring (bicyclic) bond motifs is 1. The summed E-state index contributed by atoms with van der Waals surface area (Å²) >= 11 is 6.18. The number of piperidine rings is 1. The van der Waals surface area contributed by atoms with Crippen molar-refractivity contribution in [1.29, 1.82) is 0 Å². The van der Waals surface area contributed by atoms with Gasteiger partial charge < -0.3 is 15.2 Å². The molecule has 0 aromatic heterocycles. The van der Waals surface area contributed by atoms with Crippen LogP contribution in [-0.4, -0.2) is 45.1 Å². The van der Waals surface area contributed by atoms with Gasteiger partial charge in [0.15, 0.2) is 11.5 Å². The molecule has 2 heterocycles. The maximum atomic E-state index is 12.9. The molecule has 0 bridgehead atoms. The third-order valence-electron chi connectivity index (χ3n) is 4.46. The van der Waals surface area contributed by atoms with Crippen LogP contribution in [0.15, 0.2) is 17.0 Å². The Bertz CT molecular complexity index is 685.